The lowest BCUT2D eigenvalue weighted by atomic mass is 10.2. The van der Waals surface area contributed by atoms with E-state index in [2.05, 4.69) is 10.6 Å². The van der Waals surface area contributed by atoms with Gasteiger partial charge in [-0.15, -0.1) is 0 Å². The summed E-state index contributed by atoms with van der Waals surface area (Å²) in [5, 5.41) is 6.00. The third-order valence-corrected chi connectivity index (χ3v) is 4.17. The van der Waals surface area contributed by atoms with Crippen LogP contribution in [0.4, 0.5) is 11.4 Å². The third-order valence-electron chi connectivity index (χ3n) is 4.17. The highest BCUT2D eigenvalue weighted by atomic mass is 16.5. The van der Waals surface area contributed by atoms with E-state index in [1.165, 1.54) is 0 Å². The highest BCUT2D eigenvalue weighted by molar-refractivity contribution is 5.94. The molecule has 0 bridgehead atoms. The monoisotopic (exact) mass is 420 g/mol. The fourth-order valence-corrected chi connectivity index (χ4v) is 2.87. The second-order valence-electron chi connectivity index (χ2n) is 7.10. The number of benzene rings is 3. The summed E-state index contributed by atoms with van der Waals surface area (Å²) in [6, 6.07) is 24.4. The van der Waals surface area contributed by atoms with Gasteiger partial charge in [0.05, 0.1) is 18.3 Å². The summed E-state index contributed by atoms with van der Waals surface area (Å²) >= 11 is 0. The molecule has 0 aromatic heterocycles. The zero-order chi connectivity index (χ0) is 21.9. The van der Waals surface area contributed by atoms with Gasteiger partial charge in [-0.3, -0.25) is 4.79 Å². The SMILES string of the molecule is CC(C)Oc1cccc(NC(=O)CNc2ccccc2OCCOc2ccccc2)c1. The Balaban J connectivity index is 1.47. The maximum absolute atomic E-state index is 12.4. The minimum absolute atomic E-state index is 0.0715. The van der Waals surface area contributed by atoms with Gasteiger partial charge in [-0.05, 0) is 50.2 Å². The number of anilines is 2. The molecule has 0 fully saturated rings. The number of para-hydroxylation sites is 3. The highest BCUT2D eigenvalue weighted by Crippen LogP contribution is 2.24. The molecular weight excluding hydrogens is 392 g/mol. The van der Waals surface area contributed by atoms with Gasteiger partial charge in [0.25, 0.3) is 0 Å². The van der Waals surface area contributed by atoms with Crippen molar-refractivity contribution in [3.63, 3.8) is 0 Å². The average molecular weight is 421 g/mol. The van der Waals surface area contributed by atoms with Crippen LogP contribution in [0.15, 0.2) is 78.9 Å². The van der Waals surface area contributed by atoms with Crippen LogP contribution in [0.1, 0.15) is 13.8 Å². The summed E-state index contributed by atoms with van der Waals surface area (Å²) < 4.78 is 17.1. The van der Waals surface area contributed by atoms with Crippen LogP contribution < -0.4 is 24.8 Å². The fraction of sp³-hybridized carbons (Fsp3) is 0.240. The molecular formula is C25H28N2O4. The van der Waals surface area contributed by atoms with Crippen LogP contribution in [-0.4, -0.2) is 31.8 Å². The standard InChI is InChI=1S/C25H28N2O4/c1-19(2)31-22-12-8-9-20(17-22)27-25(28)18-26-23-13-6-7-14-24(23)30-16-15-29-21-10-4-3-5-11-21/h3-14,17,19,26H,15-16,18H2,1-2H3,(H,27,28). The molecule has 0 heterocycles. The molecule has 0 radical (unpaired) electrons. The molecule has 0 unspecified atom stereocenters. The number of hydrogen-bond acceptors (Lipinski definition) is 5. The fourth-order valence-electron chi connectivity index (χ4n) is 2.87. The van der Waals surface area contributed by atoms with Crippen molar-refractivity contribution < 1.29 is 19.0 Å². The van der Waals surface area contributed by atoms with E-state index < -0.39 is 0 Å². The quantitative estimate of drug-likeness (QED) is 0.428. The third kappa shape index (κ3) is 7.59. The largest absolute Gasteiger partial charge is 0.491 e. The Hall–Kier alpha value is -3.67. The van der Waals surface area contributed by atoms with Crippen LogP contribution in [0.2, 0.25) is 0 Å². The Morgan fingerprint density at radius 1 is 0.839 bits per heavy atom. The first-order chi connectivity index (χ1) is 15.1. The van der Waals surface area contributed by atoms with Gasteiger partial charge >= 0.3 is 0 Å². The maximum atomic E-state index is 12.4. The normalized spacial score (nSPS) is 10.4. The summed E-state index contributed by atoms with van der Waals surface area (Å²) in [6.07, 6.45) is 0.0715. The highest BCUT2D eigenvalue weighted by Gasteiger charge is 2.07. The number of nitrogens with one attached hydrogen (secondary N) is 2. The first-order valence-corrected chi connectivity index (χ1v) is 10.3. The van der Waals surface area contributed by atoms with Gasteiger partial charge in [-0.1, -0.05) is 36.4 Å². The van der Waals surface area contributed by atoms with Crippen molar-refractivity contribution in [3.05, 3.63) is 78.9 Å². The molecule has 1 amide bonds. The van der Waals surface area contributed by atoms with Crippen molar-refractivity contribution in [3.8, 4) is 17.2 Å². The van der Waals surface area contributed by atoms with Crippen LogP contribution in [0.5, 0.6) is 17.2 Å². The second kappa shape index (κ2) is 11.5. The molecule has 3 aromatic carbocycles. The Labute approximate surface area is 183 Å². The van der Waals surface area contributed by atoms with E-state index in [9.17, 15) is 4.79 Å². The van der Waals surface area contributed by atoms with Crippen molar-refractivity contribution in [1.29, 1.82) is 0 Å². The molecule has 6 nitrogen and oxygen atoms in total. The molecule has 0 aliphatic heterocycles. The lowest BCUT2D eigenvalue weighted by Gasteiger charge is -2.14. The summed E-state index contributed by atoms with van der Waals surface area (Å²) in [7, 11) is 0. The lowest BCUT2D eigenvalue weighted by Crippen LogP contribution is -2.22. The van der Waals surface area contributed by atoms with Gasteiger partial charge in [0.15, 0.2) is 0 Å². The number of carbonyl (C=O) groups excluding carboxylic acids is 1. The molecule has 3 rings (SSSR count). The van der Waals surface area contributed by atoms with Gasteiger partial charge in [0.1, 0.15) is 30.5 Å². The van der Waals surface area contributed by atoms with Crippen LogP contribution in [0.3, 0.4) is 0 Å². The van der Waals surface area contributed by atoms with Crippen LogP contribution >= 0.6 is 0 Å². The van der Waals surface area contributed by atoms with Gasteiger partial charge in [-0.2, -0.15) is 0 Å². The lowest BCUT2D eigenvalue weighted by molar-refractivity contribution is -0.114. The topological polar surface area (TPSA) is 68.8 Å². The zero-order valence-electron chi connectivity index (χ0n) is 17.8. The summed E-state index contributed by atoms with van der Waals surface area (Å²) in [4.78, 5) is 12.4. The average Bonchev–Trinajstić information content (AvgIpc) is 2.76. The van der Waals surface area contributed by atoms with Crippen molar-refractivity contribution in [2.45, 2.75) is 20.0 Å². The summed E-state index contributed by atoms with van der Waals surface area (Å²) in [6.45, 7) is 4.84. The minimum Gasteiger partial charge on any atom is -0.491 e. The predicted octanol–water partition coefficient (Wildman–Crippen LogP) is 4.98. The summed E-state index contributed by atoms with van der Waals surface area (Å²) in [5.74, 6) is 2.03. The molecule has 0 aliphatic carbocycles. The van der Waals surface area contributed by atoms with E-state index in [1.807, 2.05) is 92.7 Å². The van der Waals surface area contributed by atoms with Crippen molar-refractivity contribution in [2.75, 3.05) is 30.4 Å². The van der Waals surface area contributed by atoms with Crippen molar-refractivity contribution in [1.82, 2.24) is 0 Å². The van der Waals surface area contributed by atoms with E-state index in [0.29, 0.717) is 24.7 Å². The number of carbonyl (C=O) groups is 1. The van der Waals surface area contributed by atoms with E-state index in [0.717, 1.165) is 17.2 Å². The molecule has 0 spiro atoms. The molecule has 0 aliphatic rings. The Morgan fingerprint density at radius 3 is 2.35 bits per heavy atom. The molecule has 0 saturated carbocycles. The van der Waals surface area contributed by atoms with Crippen molar-refractivity contribution >= 4 is 17.3 Å². The zero-order valence-corrected chi connectivity index (χ0v) is 17.8. The first kappa shape index (κ1) is 22.0. The van der Waals surface area contributed by atoms with Gasteiger partial charge < -0.3 is 24.8 Å². The van der Waals surface area contributed by atoms with E-state index in [-0.39, 0.29) is 18.6 Å². The molecule has 6 heteroatoms. The Morgan fingerprint density at radius 2 is 1.55 bits per heavy atom. The van der Waals surface area contributed by atoms with E-state index >= 15 is 0 Å². The maximum Gasteiger partial charge on any atom is 0.243 e. The van der Waals surface area contributed by atoms with E-state index in [1.54, 1.807) is 0 Å². The first-order valence-electron chi connectivity index (χ1n) is 10.3. The molecule has 31 heavy (non-hydrogen) atoms. The van der Waals surface area contributed by atoms with Gasteiger partial charge in [0, 0.05) is 11.8 Å². The van der Waals surface area contributed by atoms with E-state index in [4.69, 9.17) is 14.2 Å². The molecule has 3 aromatic rings. The minimum atomic E-state index is -0.163. The Kier molecular flexibility index (Phi) is 8.17. The van der Waals surface area contributed by atoms with Crippen LogP contribution in [0.25, 0.3) is 0 Å². The van der Waals surface area contributed by atoms with Gasteiger partial charge in [-0.25, -0.2) is 0 Å². The number of hydrogen-bond donors (Lipinski definition) is 2. The summed E-state index contributed by atoms with van der Waals surface area (Å²) in [5.41, 5.74) is 1.43. The van der Waals surface area contributed by atoms with Crippen LogP contribution in [0, 0.1) is 0 Å². The Bertz CT molecular complexity index is 961. The molecule has 0 saturated heterocycles. The molecule has 0 atom stereocenters. The molecule has 2 N–H and O–H groups in total. The number of amides is 1. The van der Waals surface area contributed by atoms with Gasteiger partial charge in [0.2, 0.25) is 5.91 Å². The second-order valence-corrected chi connectivity index (χ2v) is 7.10. The number of ether oxygens (including phenoxy) is 3. The number of rotatable bonds is 11. The molecule has 162 valence electrons. The van der Waals surface area contributed by atoms with Crippen molar-refractivity contribution in [2.24, 2.45) is 0 Å². The predicted molar refractivity (Wildman–Crippen MR) is 123 cm³/mol. The van der Waals surface area contributed by atoms with Crippen LogP contribution in [-0.2, 0) is 4.79 Å². The smallest absolute Gasteiger partial charge is 0.243 e.